The topological polar surface area (TPSA) is 67.0 Å². The Kier molecular flexibility index (Phi) is 3.45. The number of nitrogens with one attached hydrogen (secondary N) is 2. The molecule has 1 heterocycles. The van der Waals surface area contributed by atoms with E-state index in [9.17, 15) is 4.79 Å². The number of methoxy groups -OCH3 is 1. The van der Waals surface area contributed by atoms with Gasteiger partial charge in [-0.05, 0) is 6.92 Å². The van der Waals surface area contributed by atoms with Crippen molar-refractivity contribution >= 4 is 5.91 Å². The summed E-state index contributed by atoms with van der Waals surface area (Å²) in [6.07, 6.45) is 3.03. The SMILES string of the molecule is COCC(C)NC(=O)c1cn[nH]c1. The lowest BCUT2D eigenvalue weighted by Gasteiger charge is -2.11. The van der Waals surface area contributed by atoms with Crippen LogP contribution in [-0.4, -0.2) is 35.9 Å². The van der Waals surface area contributed by atoms with E-state index in [1.54, 1.807) is 13.3 Å². The molecular weight excluding hydrogens is 170 g/mol. The highest BCUT2D eigenvalue weighted by molar-refractivity contribution is 5.93. The van der Waals surface area contributed by atoms with Crippen molar-refractivity contribution in [1.29, 1.82) is 0 Å². The molecule has 1 aromatic heterocycles. The standard InChI is InChI=1S/C8H13N3O2/c1-6(5-13-2)11-8(12)7-3-9-10-4-7/h3-4,6H,5H2,1-2H3,(H,9,10)(H,11,12). The maximum Gasteiger partial charge on any atom is 0.254 e. The molecular formula is C8H13N3O2. The van der Waals surface area contributed by atoms with Crippen molar-refractivity contribution in [3.05, 3.63) is 18.0 Å². The lowest BCUT2D eigenvalue weighted by molar-refractivity contribution is 0.0905. The Balaban J connectivity index is 2.42. The number of aromatic nitrogens is 2. The number of aromatic amines is 1. The molecule has 72 valence electrons. The van der Waals surface area contributed by atoms with E-state index in [4.69, 9.17) is 4.74 Å². The number of carbonyl (C=O) groups is 1. The molecule has 5 heteroatoms. The van der Waals surface area contributed by atoms with E-state index >= 15 is 0 Å². The predicted octanol–water partition coefficient (Wildman–Crippen LogP) is 0.174. The molecule has 13 heavy (non-hydrogen) atoms. The fourth-order valence-electron chi connectivity index (χ4n) is 0.974. The van der Waals surface area contributed by atoms with Gasteiger partial charge in [0.15, 0.2) is 0 Å². The molecule has 2 N–H and O–H groups in total. The quantitative estimate of drug-likeness (QED) is 0.699. The van der Waals surface area contributed by atoms with Crippen LogP contribution in [0.5, 0.6) is 0 Å². The minimum atomic E-state index is -0.140. The van der Waals surface area contributed by atoms with Crippen molar-refractivity contribution in [1.82, 2.24) is 15.5 Å². The first-order valence-corrected chi connectivity index (χ1v) is 4.02. The fourth-order valence-corrected chi connectivity index (χ4v) is 0.974. The first-order valence-electron chi connectivity index (χ1n) is 4.02. The average molecular weight is 183 g/mol. The van der Waals surface area contributed by atoms with Gasteiger partial charge in [-0.3, -0.25) is 9.89 Å². The molecule has 1 rings (SSSR count). The molecule has 1 aromatic rings. The highest BCUT2D eigenvalue weighted by Crippen LogP contribution is 1.94. The first-order chi connectivity index (χ1) is 6.24. The number of carbonyl (C=O) groups excluding carboxylic acids is 1. The van der Waals surface area contributed by atoms with E-state index in [0.717, 1.165) is 0 Å². The molecule has 0 fully saturated rings. The zero-order chi connectivity index (χ0) is 9.68. The third-order valence-corrected chi connectivity index (χ3v) is 1.55. The molecule has 1 atom stereocenters. The van der Waals surface area contributed by atoms with Gasteiger partial charge in [-0.25, -0.2) is 0 Å². The van der Waals surface area contributed by atoms with Gasteiger partial charge in [0, 0.05) is 19.3 Å². The van der Waals surface area contributed by atoms with E-state index in [0.29, 0.717) is 12.2 Å². The van der Waals surface area contributed by atoms with Crippen molar-refractivity contribution in [2.24, 2.45) is 0 Å². The summed E-state index contributed by atoms with van der Waals surface area (Å²) < 4.78 is 4.88. The van der Waals surface area contributed by atoms with Crippen LogP contribution in [0.3, 0.4) is 0 Å². The van der Waals surface area contributed by atoms with E-state index in [-0.39, 0.29) is 11.9 Å². The minimum absolute atomic E-state index is 0.00685. The summed E-state index contributed by atoms with van der Waals surface area (Å²) in [5.74, 6) is -0.140. The normalized spacial score (nSPS) is 12.5. The molecule has 0 saturated heterocycles. The van der Waals surface area contributed by atoms with Crippen molar-refractivity contribution < 1.29 is 9.53 Å². The van der Waals surface area contributed by atoms with Crippen LogP contribution in [0.1, 0.15) is 17.3 Å². The summed E-state index contributed by atoms with van der Waals surface area (Å²) in [6.45, 7) is 2.38. The summed E-state index contributed by atoms with van der Waals surface area (Å²) in [6, 6.07) is 0.00685. The summed E-state index contributed by atoms with van der Waals surface area (Å²) in [5, 5.41) is 9.01. The Labute approximate surface area is 76.5 Å². The summed E-state index contributed by atoms with van der Waals surface area (Å²) >= 11 is 0. The number of hydrogen-bond donors (Lipinski definition) is 2. The van der Waals surface area contributed by atoms with E-state index in [2.05, 4.69) is 15.5 Å². The second kappa shape index (κ2) is 4.61. The Morgan fingerprint density at radius 3 is 3.15 bits per heavy atom. The smallest absolute Gasteiger partial charge is 0.254 e. The largest absolute Gasteiger partial charge is 0.383 e. The zero-order valence-electron chi connectivity index (χ0n) is 7.70. The van der Waals surface area contributed by atoms with Crippen LogP contribution in [0, 0.1) is 0 Å². The summed E-state index contributed by atoms with van der Waals surface area (Å²) in [7, 11) is 1.60. The Bertz CT molecular complexity index is 258. The van der Waals surface area contributed by atoms with Crippen LogP contribution in [0.25, 0.3) is 0 Å². The lowest BCUT2D eigenvalue weighted by Crippen LogP contribution is -2.35. The molecule has 0 radical (unpaired) electrons. The summed E-state index contributed by atoms with van der Waals surface area (Å²) in [4.78, 5) is 11.4. The molecule has 0 aliphatic heterocycles. The van der Waals surface area contributed by atoms with Crippen molar-refractivity contribution in [2.75, 3.05) is 13.7 Å². The molecule has 0 saturated carbocycles. The van der Waals surface area contributed by atoms with Gasteiger partial charge in [-0.1, -0.05) is 0 Å². The van der Waals surface area contributed by atoms with E-state index in [1.807, 2.05) is 6.92 Å². The van der Waals surface area contributed by atoms with Crippen LogP contribution in [0.15, 0.2) is 12.4 Å². The Morgan fingerprint density at radius 1 is 1.85 bits per heavy atom. The number of H-pyrrole nitrogens is 1. The van der Waals surface area contributed by atoms with Gasteiger partial charge in [0.25, 0.3) is 5.91 Å². The third kappa shape index (κ3) is 2.87. The highest BCUT2D eigenvalue weighted by atomic mass is 16.5. The van der Waals surface area contributed by atoms with Gasteiger partial charge < -0.3 is 10.1 Å². The Morgan fingerprint density at radius 2 is 2.62 bits per heavy atom. The third-order valence-electron chi connectivity index (χ3n) is 1.55. The van der Waals surface area contributed by atoms with Gasteiger partial charge in [0.2, 0.25) is 0 Å². The molecule has 0 spiro atoms. The second-order valence-corrected chi connectivity index (χ2v) is 2.82. The monoisotopic (exact) mass is 183 g/mol. The molecule has 0 bridgehead atoms. The zero-order valence-corrected chi connectivity index (χ0v) is 7.70. The fraction of sp³-hybridized carbons (Fsp3) is 0.500. The Hall–Kier alpha value is -1.36. The van der Waals surface area contributed by atoms with Gasteiger partial charge in [0.05, 0.1) is 18.4 Å². The number of hydrogen-bond acceptors (Lipinski definition) is 3. The van der Waals surface area contributed by atoms with Crippen LogP contribution in [0.2, 0.25) is 0 Å². The second-order valence-electron chi connectivity index (χ2n) is 2.82. The summed E-state index contributed by atoms with van der Waals surface area (Å²) in [5.41, 5.74) is 0.531. The van der Waals surface area contributed by atoms with Gasteiger partial charge in [-0.2, -0.15) is 5.10 Å². The highest BCUT2D eigenvalue weighted by Gasteiger charge is 2.09. The number of ether oxygens (including phenoxy) is 1. The number of amides is 1. The van der Waals surface area contributed by atoms with E-state index in [1.165, 1.54) is 6.20 Å². The lowest BCUT2D eigenvalue weighted by atomic mass is 10.3. The molecule has 0 aliphatic rings. The molecule has 5 nitrogen and oxygen atoms in total. The molecule has 0 aliphatic carbocycles. The van der Waals surface area contributed by atoms with Crippen molar-refractivity contribution in [2.45, 2.75) is 13.0 Å². The maximum atomic E-state index is 11.4. The van der Waals surface area contributed by atoms with E-state index < -0.39 is 0 Å². The van der Waals surface area contributed by atoms with Crippen LogP contribution in [-0.2, 0) is 4.74 Å². The van der Waals surface area contributed by atoms with Crippen LogP contribution >= 0.6 is 0 Å². The van der Waals surface area contributed by atoms with Crippen molar-refractivity contribution in [3.63, 3.8) is 0 Å². The van der Waals surface area contributed by atoms with Crippen LogP contribution < -0.4 is 5.32 Å². The molecule has 1 amide bonds. The predicted molar refractivity (Wildman–Crippen MR) is 47.4 cm³/mol. The van der Waals surface area contributed by atoms with Crippen LogP contribution in [0.4, 0.5) is 0 Å². The molecule has 1 unspecified atom stereocenters. The number of rotatable bonds is 4. The van der Waals surface area contributed by atoms with Gasteiger partial charge in [-0.15, -0.1) is 0 Å². The molecule has 0 aromatic carbocycles. The number of nitrogens with zero attached hydrogens (tertiary/aromatic N) is 1. The van der Waals surface area contributed by atoms with Gasteiger partial charge in [0.1, 0.15) is 0 Å². The van der Waals surface area contributed by atoms with Gasteiger partial charge >= 0.3 is 0 Å². The maximum absolute atomic E-state index is 11.4. The first kappa shape index (κ1) is 9.73. The minimum Gasteiger partial charge on any atom is -0.383 e. The average Bonchev–Trinajstić information content (AvgIpc) is 2.55. The van der Waals surface area contributed by atoms with Crippen molar-refractivity contribution in [3.8, 4) is 0 Å².